The Balaban J connectivity index is 1.66. The lowest BCUT2D eigenvalue weighted by Crippen LogP contribution is -2.28. The molecule has 0 fully saturated rings. The third-order valence-corrected chi connectivity index (χ3v) is 4.83. The van der Waals surface area contributed by atoms with Crippen molar-refractivity contribution in [2.45, 2.75) is 46.4 Å². The number of carbonyl (C=O) groups excluding carboxylic acids is 1. The van der Waals surface area contributed by atoms with E-state index in [4.69, 9.17) is 0 Å². The smallest absolute Gasteiger partial charge is 0.228 e. The number of aromatic nitrogens is 2. The van der Waals surface area contributed by atoms with E-state index in [-0.39, 0.29) is 24.5 Å². The molecule has 1 aromatic carbocycles. The molecule has 3 aromatic rings. The van der Waals surface area contributed by atoms with Gasteiger partial charge < -0.3 is 20.7 Å². The molecule has 6 nitrogen and oxygen atoms in total. The number of benzene rings is 1. The van der Waals surface area contributed by atoms with Crippen molar-refractivity contribution in [3.63, 3.8) is 0 Å². The average molecular weight is 380 g/mol. The number of hydrogen-bond acceptors (Lipinski definition) is 4. The number of pyridine rings is 1. The molecule has 3 rings (SSSR count). The lowest BCUT2D eigenvalue weighted by atomic mass is 10.1. The number of carbonyl (C=O) groups is 1. The standard InChI is InChI=1S/C22H28N4O2/c1-14(2)22(28)26-21-9-8-16(13-27)20(25-21)12-23-15(3)10-17-11-24-19-7-5-4-6-18(17)19/h4-9,11,14-15,23-24,27H,10,12-13H2,1-3H3,(H,25,26,28)/t15-/m1/s1. The number of fused-ring (bicyclic) bond motifs is 1. The van der Waals surface area contributed by atoms with Crippen LogP contribution in [0.3, 0.4) is 0 Å². The molecule has 0 unspecified atom stereocenters. The Bertz CT molecular complexity index is 949. The summed E-state index contributed by atoms with van der Waals surface area (Å²) in [5.41, 5.74) is 3.91. The fourth-order valence-corrected chi connectivity index (χ4v) is 3.14. The summed E-state index contributed by atoms with van der Waals surface area (Å²) in [4.78, 5) is 19.7. The summed E-state index contributed by atoms with van der Waals surface area (Å²) in [5.74, 6) is 0.324. The fourth-order valence-electron chi connectivity index (χ4n) is 3.14. The molecule has 1 atom stereocenters. The number of nitrogens with one attached hydrogen (secondary N) is 3. The Labute approximate surface area is 165 Å². The Hall–Kier alpha value is -2.70. The fraction of sp³-hybridized carbons (Fsp3) is 0.364. The van der Waals surface area contributed by atoms with E-state index in [1.165, 1.54) is 10.9 Å². The lowest BCUT2D eigenvalue weighted by Gasteiger charge is -2.16. The van der Waals surface area contributed by atoms with Gasteiger partial charge in [-0.3, -0.25) is 4.79 Å². The third kappa shape index (κ3) is 4.77. The van der Waals surface area contributed by atoms with Gasteiger partial charge in [0, 0.05) is 41.2 Å². The normalized spacial score (nSPS) is 12.5. The number of rotatable bonds is 8. The molecule has 0 bridgehead atoms. The van der Waals surface area contributed by atoms with Crippen molar-refractivity contribution in [2.75, 3.05) is 5.32 Å². The monoisotopic (exact) mass is 380 g/mol. The molecular weight excluding hydrogens is 352 g/mol. The highest BCUT2D eigenvalue weighted by atomic mass is 16.3. The first kappa shape index (κ1) is 20.0. The first-order valence-electron chi connectivity index (χ1n) is 9.66. The van der Waals surface area contributed by atoms with Crippen LogP contribution < -0.4 is 10.6 Å². The molecule has 0 aliphatic carbocycles. The van der Waals surface area contributed by atoms with Gasteiger partial charge in [0.2, 0.25) is 5.91 Å². The van der Waals surface area contributed by atoms with Gasteiger partial charge in [-0.2, -0.15) is 0 Å². The number of aliphatic hydroxyl groups is 1. The number of anilines is 1. The number of nitrogens with zero attached hydrogens (tertiary/aromatic N) is 1. The van der Waals surface area contributed by atoms with E-state index in [9.17, 15) is 9.90 Å². The largest absolute Gasteiger partial charge is 0.392 e. The van der Waals surface area contributed by atoms with Crippen LogP contribution in [0.5, 0.6) is 0 Å². The van der Waals surface area contributed by atoms with Gasteiger partial charge in [0.1, 0.15) is 5.82 Å². The maximum atomic E-state index is 11.9. The second kappa shape index (κ2) is 8.99. The van der Waals surface area contributed by atoms with Gasteiger partial charge in [0.25, 0.3) is 0 Å². The van der Waals surface area contributed by atoms with Crippen molar-refractivity contribution in [1.82, 2.24) is 15.3 Å². The van der Waals surface area contributed by atoms with E-state index in [1.54, 1.807) is 6.07 Å². The molecule has 28 heavy (non-hydrogen) atoms. The van der Waals surface area contributed by atoms with E-state index in [1.807, 2.05) is 32.0 Å². The van der Waals surface area contributed by atoms with Gasteiger partial charge in [0.15, 0.2) is 0 Å². The lowest BCUT2D eigenvalue weighted by molar-refractivity contribution is -0.118. The van der Waals surface area contributed by atoms with Crippen LogP contribution in [-0.4, -0.2) is 27.0 Å². The maximum absolute atomic E-state index is 11.9. The van der Waals surface area contributed by atoms with Crippen LogP contribution in [0, 0.1) is 5.92 Å². The quantitative estimate of drug-likeness (QED) is 0.482. The van der Waals surface area contributed by atoms with Crippen molar-refractivity contribution in [3.8, 4) is 0 Å². The highest BCUT2D eigenvalue weighted by Gasteiger charge is 2.12. The Morgan fingerprint density at radius 2 is 1.93 bits per heavy atom. The summed E-state index contributed by atoms with van der Waals surface area (Å²) >= 11 is 0. The Kier molecular flexibility index (Phi) is 6.44. The number of amides is 1. The molecule has 2 aromatic heterocycles. The SMILES string of the molecule is CC(C)C(=O)Nc1ccc(CO)c(CN[C@H](C)Cc2c[nH]c3ccccc23)n1. The predicted molar refractivity (Wildman–Crippen MR) is 112 cm³/mol. The second-order valence-corrected chi connectivity index (χ2v) is 7.45. The minimum absolute atomic E-state index is 0.0733. The van der Waals surface area contributed by atoms with Gasteiger partial charge in [0.05, 0.1) is 12.3 Å². The van der Waals surface area contributed by atoms with E-state index in [0.717, 1.165) is 23.2 Å². The molecule has 148 valence electrons. The number of H-pyrrole nitrogens is 1. The maximum Gasteiger partial charge on any atom is 0.228 e. The topological polar surface area (TPSA) is 90.0 Å². The highest BCUT2D eigenvalue weighted by Crippen LogP contribution is 2.19. The number of aromatic amines is 1. The minimum atomic E-state index is -0.114. The van der Waals surface area contributed by atoms with Crippen LogP contribution in [-0.2, 0) is 24.4 Å². The van der Waals surface area contributed by atoms with E-state index in [2.05, 4.69) is 45.9 Å². The second-order valence-electron chi connectivity index (χ2n) is 7.45. The molecule has 4 N–H and O–H groups in total. The van der Waals surface area contributed by atoms with Crippen molar-refractivity contribution in [1.29, 1.82) is 0 Å². The van der Waals surface area contributed by atoms with Crippen LogP contribution in [0.15, 0.2) is 42.6 Å². The van der Waals surface area contributed by atoms with Gasteiger partial charge >= 0.3 is 0 Å². The highest BCUT2D eigenvalue weighted by molar-refractivity contribution is 5.91. The zero-order chi connectivity index (χ0) is 20.1. The summed E-state index contributed by atoms with van der Waals surface area (Å²) in [6.45, 7) is 6.24. The van der Waals surface area contributed by atoms with Crippen LogP contribution in [0.25, 0.3) is 10.9 Å². The summed E-state index contributed by atoms with van der Waals surface area (Å²) < 4.78 is 0. The first-order chi connectivity index (χ1) is 13.5. The first-order valence-corrected chi connectivity index (χ1v) is 9.66. The molecular formula is C22H28N4O2. The Morgan fingerprint density at radius 1 is 1.14 bits per heavy atom. The van der Waals surface area contributed by atoms with Crippen LogP contribution in [0.4, 0.5) is 5.82 Å². The molecule has 1 amide bonds. The van der Waals surface area contributed by atoms with Crippen molar-refractivity contribution < 1.29 is 9.90 Å². The van der Waals surface area contributed by atoms with Crippen LogP contribution in [0.2, 0.25) is 0 Å². The zero-order valence-corrected chi connectivity index (χ0v) is 16.6. The van der Waals surface area contributed by atoms with E-state index in [0.29, 0.717) is 12.4 Å². The molecule has 6 heteroatoms. The van der Waals surface area contributed by atoms with Gasteiger partial charge in [-0.25, -0.2) is 4.98 Å². The number of hydrogen-bond donors (Lipinski definition) is 4. The molecule has 0 aliphatic rings. The average Bonchev–Trinajstić information content (AvgIpc) is 3.09. The molecule has 0 saturated heterocycles. The van der Waals surface area contributed by atoms with Crippen molar-refractivity contribution in [3.05, 3.63) is 59.4 Å². The predicted octanol–water partition coefficient (Wildman–Crippen LogP) is 3.37. The van der Waals surface area contributed by atoms with Crippen LogP contribution in [0.1, 0.15) is 37.6 Å². The molecule has 0 aliphatic heterocycles. The molecule has 0 saturated carbocycles. The summed E-state index contributed by atoms with van der Waals surface area (Å²) in [6, 6.07) is 12.0. The summed E-state index contributed by atoms with van der Waals surface area (Å²) in [5, 5.41) is 17.1. The summed E-state index contributed by atoms with van der Waals surface area (Å²) in [7, 11) is 0. The van der Waals surface area contributed by atoms with Gasteiger partial charge in [-0.15, -0.1) is 0 Å². The van der Waals surface area contributed by atoms with Crippen LogP contribution >= 0.6 is 0 Å². The zero-order valence-electron chi connectivity index (χ0n) is 16.6. The third-order valence-electron chi connectivity index (χ3n) is 4.83. The number of aliphatic hydroxyl groups excluding tert-OH is 1. The summed E-state index contributed by atoms with van der Waals surface area (Å²) in [6.07, 6.45) is 2.94. The van der Waals surface area contributed by atoms with Crippen molar-refractivity contribution >= 4 is 22.6 Å². The van der Waals surface area contributed by atoms with Crippen molar-refractivity contribution in [2.24, 2.45) is 5.92 Å². The number of para-hydroxylation sites is 1. The Morgan fingerprint density at radius 3 is 2.68 bits per heavy atom. The molecule has 2 heterocycles. The molecule has 0 radical (unpaired) electrons. The van der Waals surface area contributed by atoms with Gasteiger partial charge in [-0.1, -0.05) is 38.1 Å². The van der Waals surface area contributed by atoms with Gasteiger partial charge in [-0.05, 0) is 31.0 Å². The molecule has 0 spiro atoms. The van der Waals surface area contributed by atoms with E-state index >= 15 is 0 Å². The minimum Gasteiger partial charge on any atom is -0.392 e. The van der Waals surface area contributed by atoms with E-state index < -0.39 is 0 Å².